The predicted octanol–water partition coefficient (Wildman–Crippen LogP) is 4.28. The van der Waals surface area contributed by atoms with Crippen LogP contribution in [0.2, 0.25) is 0 Å². The molecule has 1 N–H and O–H groups in total. The van der Waals surface area contributed by atoms with Crippen molar-refractivity contribution in [2.45, 2.75) is 77.5 Å². The maximum absolute atomic E-state index is 16.5. The van der Waals surface area contributed by atoms with Crippen LogP contribution in [-0.4, -0.2) is 22.7 Å². The number of carbonyl (C=O) groups excluding carboxylic acids is 1. The van der Waals surface area contributed by atoms with Gasteiger partial charge in [-0.2, -0.15) is 0 Å². The monoisotopic (exact) mass is 318 g/mol. The highest BCUT2D eigenvalue weighted by atomic mass is 19.1. The van der Waals surface area contributed by atoms with E-state index in [-0.39, 0.29) is 17.1 Å². The van der Waals surface area contributed by atoms with Gasteiger partial charge in [0.05, 0.1) is 6.10 Å². The molecule has 126 valence electrons. The van der Waals surface area contributed by atoms with Crippen LogP contribution in [-0.2, 0) is 4.79 Å². The van der Waals surface area contributed by atoms with E-state index in [0.717, 1.165) is 31.3 Å². The van der Waals surface area contributed by atoms with E-state index in [9.17, 15) is 9.90 Å². The molecule has 23 heavy (non-hydrogen) atoms. The van der Waals surface area contributed by atoms with Crippen LogP contribution in [0.3, 0.4) is 0 Å². The van der Waals surface area contributed by atoms with Crippen LogP contribution in [0.15, 0.2) is 22.8 Å². The molecule has 4 aliphatic carbocycles. The number of hydrogen-bond donors (Lipinski definition) is 1. The molecule has 0 aromatic carbocycles. The summed E-state index contributed by atoms with van der Waals surface area (Å²) in [4.78, 5) is 11.8. The van der Waals surface area contributed by atoms with E-state index in [4.69, 9.17) is 0 Å². The molecule has 0 heterocycles. The van der Waals surface area contributed by atoms with Gasteiger partial charge in [0.1, 0.15) is 0 Å². The van der Waals surface area contributed by atoms with Gasteiger partial charge in [-0.3, -0.25) is 4.79 Å². The lowest BCUT2D eigenvalue weighted by Gasteiger charge is -2.58. The molecule has 3 heteroatoms. The van der Waals surface area contributed by atoms with Crippen LogP contribution in [0.25, 0.3) is 0 Å². The minimum atomic E-state index is -1.61. The second-order valence-corrected chi connectivity index (χ2v) is 8.93. The molecule has 4 rings (SSSR count). The van der Waals surface area contributed by atoms with Gasteiger partial charge in [0, 0.05) is 17.8 Å². The Kier molecular flexibility index (Phi) is 3.09. The highest BCUT2D eigenvalue weighted by Gasteiger charge is 2.65. The summed E-state index contributed by atoms with van der Waals surface area (Å²) in [6.45, 7) is 6.40. The lowest BCUT2D eigenvalue weighted by atomic mass is 9.49. The van der Waals surface area contributed by atoms with Crippen molar-refractivity contribution < 1.29 is 14.3 Å². The minimum absolute atomic E-state index is 0.0944. The Hall–Kier alpha value is -0.960. The maximum Gasteiger partial charge on any atom is 0.155 e. The number of carbonyl (C=O) groups is 1. The normalized spacial score (nSPS) is 45.3. The number of allylic oxidation sites excluding steroid dienone is 3. The Morgan fingerprint density at radius 3 is 2.65 bits per heavy atom. The Bertz CT molecular complexity index is 644. The molecule has 1 fully saturated rings. The smallest absolute Gasteiger partial charge is 0.155 e. The van der Waals surface area contributed by atoms with E-state index in [1.807, 2.05) is 6.92 Å². The molecule has 4 aliphatic rings. The molecule has 0 aliphatic heterocycles. The molecule has 0 amide bonds. The Morgan fingerprint density at radius 2 is 1.91 bits per heavy atom. The fourth-order valence-electron chi connectivity index (χ4n) is 5.98. The van der Waals surface area contributed by atoms with E-state index in [2.05, 4.69) is 13.8 Å². The topological polar surface area (TPSA) is 37.3 Å². The zero-order valence-electron chi connectivity index (χ0n) is 14.4. The third-order valence-corrected chi connectivity index (χ3v) is 7.50. The van der Waals surface area contributed by atoms with E-state index >= 15 is 4.39 Å². The Labute approximate surface area is 137 Å². The molecular formula is C20H27FO2. The first-order valence-electron chi connectivity index (χ1n) is 9.03. The van der Waals surface area contributed by atoms with Crippen molar-refractivity contribution in [2.24, 2.45) is 16.7 Å². The number of hydrogen-bond acceptors (Lipinski definition) is 2. The summed E-state index contributed by atoms with van der Waals surface area (Å²) in [6, 6.07) is 0. The second-order valence-electron chi connectivity index (χ2n) is 8.93. The van der Waals surface area contributed by atoms with E-state index in [1.165, 1.54) is 11.1 Å². The number of aliphatic hydroxyl groups excluding tert-OH is 1. The van der Waals surface area contributed by atoms with Crippen molar-refractivity contribution in [1.29, 1.82) is 0 Å². The molecular weight excluding hydrogens is 291 g/mol. The van der Waals surface area contributed by atoms with Gasteiger partial charge < -0.3 is 5.11 Å². The van der Waals surface area contributed by atoms with Gasteiger partial charge in [0.15, 0.2) is 11.5 Å². The molecule has 0 spiro atoms. The first-order chi connectivity index (χ1) is 10.7. The Balaban J connectivity index is 1.85. The number of ketones is 1. The van der Waals surface area contributed by atoms with Gasteiger partial charge in [0.25, 0.3) is 0 Å². The summed E-state index contributed by atoms with van der Waals surface area (Å²) in [5.74, 6) is -0.0508. The molecule has 0 aromatic heterocycles. The first-order valence-corrected chi connectivity index (χ1v) is 9.03. The highest BCUT2D eigenvalue weighted by Crippen LogP contribution is 2.65. The van der Waals surface area contributed by atoms with Crippen molar-refractivity contribution in [3.63, 3.8) is 0 Å². The summed E-state index contributed by atoms with van der Waals surface area (Å²) in [5.41, 5.74) is 1.34. The number of alkyl halides is 1. The van der Waals surface area contributed by atoms with Gasteiger partial charge in [-0.1, -0.05) is 37.5 Å². The second kappa shape index (κ2) is 4.56. The lowest BCUT2D eigenvalue weighted by molar-refractivity contribution is -0.140. The quantitative estimate of drug-likeness (QED) is 0.677. The van der Waals surface area contributed by atoms with E-state index < -0.39 is 17.2 Å². The van der Waals surface area contributed by atoms with Gasteiger partial charge >= 0.3 is 0 Å². The number of aliphatic hydroxyl groups is 1. The Morgan fingerprint density at radius 1 is 1.17 bits per heavy atom. The van der Waals surface area contributed by atoms with Crippen molar-refractivity contribution in [3.8, 4) is 0 Å². The fraction of sp³-hybridized carbons (Fsp3) is 0.750. The largest absolute Gasteiger partial charge is 0.389 e. The van der Waals surface area contributed by atoms with Crippen LogP contribution in [0.4, 0.5) is 4.39 Å². The molecule has 2 nitrogen and oxygen atoms in total. The molecule has 0 saturated heterocycles. The standard InChI is InChI=1S/C20H27FO2/c1-18(2)8-7-14-15-5-4-12-10-13(22)6-9-19(12,3)20(15,21)17(23)11-16(14)18/h10,15,17,23H,4-9,11H2,1-3H3/t15-,17-,19-,20-/m0/s1. The van der Waals surface area contributed by atoms with Gasteiger partial charge in [-0.05, 0) is 50.0 Å². The summed E-state index contributed by atoms with van der Waals surface area (Å²) in [5, 5.41) is 10.9. The van der Waals surface area contributed by atoms with Gasteiger partial charge in [0.2, 0.25) is 0 Å². The summed E-state index contributed by atoms with van der Waals surface area (Å²) < 4.78 is 16.5. The average Bonchev–Trinajstić information content (AvgIpc) is 2.77. The van der Waals surface area contributed by atoms with Crippen molar-refractivity contribution >= 4 is 5.78 Å². The highest BCUT2D eigenvalue weighted by molar-refractivity contribution is 5.91. The fourth-order valence-corrected chi connectivity index (χ4v) is 5.98. The molecule has 0 aromatic rings. The summed E-state index contributed by atoms with van der Waals surface area (Å²) in [6.07, 6.45) is 5.69. The summed E-state index contributed by atoms with van der Waals surface area (Å²) in [7, 11) is 0. The average molecular weight is 318 g/mol. The number of rotatable bonds is 0. The van der Waals surface area contributed by atoms with Gasteiger partial charge in [-0.15, -0.1) is 0 Å². The van der Waals surface area contributed by atoms with E-state index in [1.54, 1.807) is 6.08 Å². The third-order valence-electron chi connectivity index (χ3n) is 7.50. The predicted molar refractivity (Wildman–Crippen MR) is 87.7 cm³/mol. The number of fused-ring (bicyclic) bond motifs is 4. The summed E-state index contributed by atoms with van der Waals surface area (Å²) >= 11 is 0. The number of halogens is 1. The van der Waals surface area contributed by atoms with Crippen molar-refractivity contribution in [2.75, 3.05) is 0 Å². The zero-order chi connectivity index (χ0) is 16.6. The van der Waals surface area contributed by atoms with Crippen molar-refractivity contribution in [3.05, 3.63) is 22.8 Å². The molecule has 0 radical (unpaired) electrons. The lowest BCUT2D eigenvalue weighted by Crippen LogP contribution is -2.62. The van der Waals surface area contributed by atoms with Crippen LogP contribution in [0, 0.1) is 16.7 Å². The van der Waals surface area contributed by atoms with Crippen LogP contribution < -0.4 is 0 Å². The van der Waals surface area contributed by atoms with Gasteiger partial charge in [-0.25, -0.2) is 4.39 Å². The first kappa shape index (κ1) is 15.6. The molecule has 1 saturated carbocycles. The van der Waals surface area contributed by atoms with Crippen LogP contribution in [0.5, 0.6) is 0 Å². The molecule has 4 atom stereocenters. The van der Waals surface area contributed by atoms with Crippen LogP contribution >= 0.6 is 0 Å². The SMILES string of the molecule is CC1(C)CCC2=C1C[C@H](O)[C@@]1(F)[C@H]2CCC2=CC(=O)CC[C@@]21C. The third kappa shape index (κ3) is 1.80. The maximum atomic E-state index is 16.5. The van der Waals surface area contributed by atoms with Crippen LogP contribution in [0.1, 0.15) is 65.7 Å². The van der Waals surface area contributed by atoms with Crippen molar-refractivity contribution in [1.82, 2.24) is 0 Å². The zero-order valence-corrected chi connectivity index (χ0v) is 14.4. The molecule has 0 bridgehead atoms. The van der Waals surface area contributed by atoms with E-state index in [0.29, 0.717) is 19.3 Å². The molecule has 0 unspecified atom stereocenters. The minimum Gasteiger partial charge on any atom is -0.389 e.